The second kappa shape index (κ2) is 9.27. The van der Waals surface area contributed by atoms with Gasteiger partial charge in [0, 0.05) is 25.7 Å². The SMILES string of the molecule is CCCCNC(=NC)NCc1ccc(C)cc1OCC(F)(F)F. The van der Waals surface area contributed by atoms with E-state index < -0.39 is 12.8 Å². The summed E-state index contributed by atoms with van der Waals surface area (Å²) >= 11 is 0. The number of nitrogens with one attached hydrogen (secondary N) is 2. The Morgan fingerprint density at radius 1 is 1.26 bits per heavy atom. The summed E-state index contributed by atoms with van der Waals surface area (Å²) in [5, 5.41) is 6.23. The molecule has 0 radical (unpaired) electrons. The molecule has 0 saturated heterocycles. The standard InChI is InChI=1S/C16H24F3N3O/c1-4-5-8-21-15(20-3)22-10-13-7-6-12(2)9-14(13)23-11-16(17,18)19/h6-7,9H,4-5,8,10-11H2,1-3H3,(H2,20,21,22). The predicted molar refractivity (Wildman–Crippen MR) is 85.8 cm³/mol. The molecule has 23 heavy (non-hydrogen) atoms. The summed E-state index contributed by atoms with van der Waals surface area (Å²) in [6, 6.07) is 5.20. The molecule has 0 bridgehead atoms. The number of rotatable bonds is 7. The number of benzene rings is 1. The molecule has 0 amide bonds. The van der Waals surface area contributed by atoms with Crippen molar-refractivity contribution in [3.8, 4) is 5.75 Å². The minimum atomic E-state index is -4.35. The molecule has 1 aromatic rings. The molecule has 1 rings (SSSR count). The van der Waals surface area contributed by atoms with Crippen molar-refractivity contribution in [1.82, 2.24) is 10.6 Å². The van der Waals surface area contributed by atoms with Gasteiger partial charge < -0.3 is 15.4 Å². The molecule has 1 aromatic carbocycles. The monoisotopic (exact) mass is 331 g/mol. The number of aliphatic imine (C=N–C) groups is 1. The summed E-state index contributed by atoms with van der Waals surface area (Å²) in [6.45, 7) is 3.73. The summed E-state index contributed by atoms with van der Waals surface area (Å²) in [6.07, 6.45) is -2.27. The van der Waals surface area contributed by atoms with Gasteiger partial charge in [0.1, 0.15) is 5.75 Å². The van der Waals surface area contributed by atoms with Gasteiger partial charge in [-0.05, 0) is 25.0 Å². The maximum atomic E-state index is 12.3. The summed E-state index contributed by atoms with van der Waals surface area (Å²) in [4.78, 5) is 4.08. The number of alkyl halides is 3. The number of hydrogen-bond acceptors (Lipinski definition) is 2. The maximum Gasteiger partial charge on any atom is 0.422 e. The quantitative estimate of drug-likeness (QED) is 0.457. The summed E-state index contributed by atoms with van der Waals surface area (Å²) in [5.41, 5.74) is 1.50. The van der Waals surface area contributed by atoms with Crippen molar-refractivity contribution in [1.29, 1.82) is 0 Å². The lowest BCUT2D eigenvalue weighted by Gasteiger charge is -2.16. The number of nitrogens with zero attached hydrogens (tertiary/aromatic N) is 1. The normalized spacial score (nSPS) is 12.2. The van der Waals surface area contributed by atoms with Gasteiger partial charge in [0.05, 0.1) is 0 Å². The molecule has 0 heterocycles. The zero-order valence-corrected chi connectivity index (χ0v) is 13.8. The lowest BCUT2D eigenvalue weighted by atomic mass is 10.1. The van der Waals surface area contributed by atoms with E-state index in [0.717, 1.165) is 24.9 Å². The number of ether oxygens (including phenoxy) is 1. The second-order valence-electron chi connectivity index (χ2n) is 5.22. The Kier molecular flexibility index (Phi) is 7.71. The fourth-order valence-electron chi connectivity index (χ4n) is 1.88. The highest BCUT2D eigenvalue weighted by Crippen LogP contribution is 2.23. The van der Waals surface area contributed by atoms with E-state index >= 15 is 0 Å². The van der Waals surface area contributed by atoms with Crippen molar-refractivity contribution in [2.45, 2.75) is 39.4 Å². The molecule has 2 N–H and O–H groups in total. The summed E-state index contributed by atoms with van der Waals surface area (Å²) in [5.74, 6) is 0.847. The van der Waals surface area contributed by atoms with Gasteiger partial charge in [-0.3, -0.25) is 4.99 Å². The molecule has 130 valence electrons. The molecule has 0 atom stereocenters. The van der Waals surface area contributed by atoms with Gasteiger partial charge in [0.25, 0.3) is 0 Å². The molecular formula is C16H24F3N3O. The van der Waals surface area contributed by atoms with Gasteiger partial charge in [-0.2, -0.15) is 13.2 Å². The molecule has 0 aliphatic rings. The zero-order valence-electron chi connectivity index (χ0n) is 13.8. The fourth-order valence-corrected chi connectivity index (χ4v) is 1.88. The van der Waals surface area contributed by atoms with E-state index in [1.165, 1.54) is 0 Å². The molecular weight excluding hydrogens is 307 g/mol. The van der Waals surface area contributed by atoms with Crippen molar-refractivity contribution < 1.29 is 17.9 Å². The van der Waals surface area contributed by atoms with Gasteiger partial charge >= 0.3 is 6.18 Å². The van der Waals surface area contributed by atoms with Crippen molar-refractivity contribution >= 4 is 5.96 Å². The van der Waals surface area contributed by atoms with Crippen LogP contribution >= 0.6 is 0 Å². The van der Waals surface area contributed by atoms with Crippen LogP contribution in [0.3, 0.4) is 0 Å². The van der Waals surface area contributed by atoms with Gasteiger partial charge in [0.2, 0.25) is 0 Å². The van der Waals surface area contributed by atoms with E-state index in [9.17, 15) is 13.2 Å². The molecule has 0 fully saturated rings. The minimum absolute atomic E-state index is 0.235. The van der Waals surface area contributed by atoms with Gasteiger partial charge in [-0.15, -0.1) is 0 Å². The lowest BCUT2D eigenvalue weighted by molar-refractivity contribution is -0.153. The third kappa shape index (κ3) is 7.76. The highest BCUT2D eigenvalue weighted by molar-refractivity contribution is 5.79. The minimum Gasteiger partial charge on any atom is -0.484 e. The molecule has 0 aromatic heterocycles. The maximum absolute atomic E-state index is 12.3. The van der Waals surface area contributed by atoms with Crippen LogP contribution in [-0.4, -0.2) is 32.3 Å². The van der Waals surface area contributed by atoms with E-state index in [-0.39, 0.29) is 5.75 Å². The third-order valence-corrected chi connectivity index (χ3v) is 3.11. The first kappa shape index (κ1) is 19.1. The fraction of sp³-hybridized carbons (Fsp3) is 0.562. The van der Waals surface area contributed by atoms with Crippen LogP contribution in [0.4, 0.5) is 13.2 Å². The van der Waals surface area contributed by atoms with Gasteiger partial charge in [0.15, 0.2) is 12.6 Å². The van der Waals surface area contributed by atoms with Crippen LogP contribution in [0.1, 0.15) is 30.9 Å². The average Bonchev–Trinajstić information content (AvgIpc) is 2.49. The van der Waals surface area contributed by atoms with E-state index in [4.69, 9.17) is 4.74 Å². The second-order valence-corrected chi connectivity index (χ2v) is 5.22. The number of halogens is 3. The highest BCUT2D eigenvalue weighted by Gasteiger charge is 2.28. The van der Waals surface area contributed by atoms with Crippen molar-refractivity contribution in [3.05, 3.63) is 29.3 Å². The first-order valence-electron chi connectivity index (χ1n) is 7.59. The Morgan fingerprint density at radius 2 is 2.00 bits per heavy atom. The number of guanidine groups is 1. The van der Waals surface area contributed by atoms with Crippen LogP contribution < -0.4 is 15.4 Å². The lowest BCUT2D eigenvalue weighted by Crippen LogP contribution is -2.37. The molecule has 0 aliphatic carbocycles. The third-order valence-electron chi connectivity index (χ3n) is 3.11. The molecule has 0 spiro atoms. The molecule has 4 nitrogen and oxygen atoms in total. The van der Waals surface area contributed by atoms with Crippen molar-refractivity contribution in [3.63, 3.8) is 0 Å². The number of hydrogen-bond donors (Lipinski definition) is 2. The topological polar surface area (TPSA) is 45.7 Å². The summed E-state index contributed by atoms with van der Waals surface area (Å²) < 4.78 is 42.0. The van der Waals surface area contributed by atoms with Gasteiger partial charge in [-0.1, -0.05) is 25.5 Å². The average molecular weight is 331 g/mol. The highest BCUT2D eigenvalue weighted by atomic mass is 19.4. The molecule has 0 unspecified atom stereocenters. The van der Waals surface area contributed by atoms with E-state index in [1.807, 2.05) is 13.0 Å². The van der Waals surface area contributed by atoms with Crippen LogP contribution in [-0.2, 0) is 6.54 Å². The van der Waals surface area contributed by atoms with Gasteiger partial charge in [-0.25, -0.2) is 0 Å². The molecule has 0 saturated carbocycles. The molecule has 7 heteroatoms. The van der Waals surface area contributed by atoms with Crippen molar-refractivity contribution in [2.75, 3.05) is 20.2 Å². The van der Waals surface area contributed by atoms with Crippen LogP contribution in [0.15, 0.2) is 23.2 Å². The smallest absolute Gasteiger partial charge is 0.422 e. The van der Waals surface area contributed by atoms with Crippen LogP contribution in [0.2, 0.25) is 0 Å². The Morgan fingerprint density at radius 3 is 2.61 bits per heavy atom. The Hall–Kier alpha value is -1.92. The Labute approximate surface area is 135 Å². The summed E-state index contributed by atoms with van der Waals surface area (Å²) in [7, 11) is 1.65. The first-order valence-corrected chi connectivity index (χ1v) is 7.59. The Balaban J connectivity index is 2.68. The van der Waals surface area contributed by atoms with E-state index in [1.54, 1.807) is 19.2 Å². The Bertz CT molecular complexity index is 516. The van der Waals surface area contributed by atoms with Crippen LogP contribution in [0, 0.1) is 6.92 Å². The largest absolute Gasteiger partial charge is 0.484 e. The van der Waals surface area contributed by atoms with E-state index in [0.29, 0.717) is 18.1 Å². The molecule has 0 aliphatic heterocycles. The zero-order chi connectivity index (χ0) is 17.3. The van der Waals surface area contributed by atoms with Crippen LogP contribution in [0.25, 0.3) is 0 Å². The predicted octanol–water partition coefficient (Wildman–Crippen LogP) is 3.40. The first-order chi connectivity index (χ1) is 10.9. The number of aryl methyl sites for hydroxylation is 1. The number of unbranched alkanes of at least 4 members (excludes halogenated alkanes) is 1. The van der Waals surface area contributed by atoms with Crippen molar-refractivity contribution in [2.24, 2.45) is 4.99 Å². The van der Waals surface area contributed by atoms with E-state index in [2.05, 4.69) is 22.5 Å². The van der Waals surface area contributed by atoms with Crippen LogP contribution in [0.5, 0.6) is 5.75 Å².